The molecule has 0 bridgehead atoms. The number of piperidine rings is 1. The zero-order valence-corrected chi connectivity index (χ0v) is 18.7. The Hall–Kier alpha value is -3.66. The molecule has 2 atom stereocenters. The molecule has 1 aromatic carbocycles. The highest BCUT2D eigenvalue weighted by molar-refractivity contribution is 5.59. The summed E-state index contributed by atoms with van der Waals surface area (Å²) in [7, 11) is 0. The third-order valence-electron chi connectivity index (χ3n) is 6.72. The van der Waals surface area contributed by atoms with Gasteiger partial charge in [-0.15, -0.1) is 5.10 Å². The number of hydrogen-bond donors (Lipinski definition) is 1. The number of anilines is 2. The number of furan rings is 1. The van der Waals surface area contributed by atoms with Crippen molar-refractivity contribution in [2.75, 3.05) is 43.4 Å². The van der Waals surface area contributed by atoms with Crippen molar-refractivity contribution < 1.29 is 13.5 Å². The van der Waals surface area contributed by atoms with Gasteiger partial charge in [-0.25, -0.2) is 9.37 Å². The summed E-state index contributed by atoms with van der Waals surface area (Å²) < 4.78 is 26.6. The Morgan fingerprint density at radius 1 is 1.09 bits per heavy atom. The lowest BCUT2D eigenvalue weighted by Gasteiger charge is -2.46. The molecule has 6 rings (SSSR count). The van der Waals surface area contributed by atoms with Crippen LogP contribution in [0.15, 0.2) is 53.1 Å². The molecule has 2 aliphatic heterocycles. The van der Waals surface area contributed by atoms with Crippen LogP contribution >= 0.6 is 0 Å². The zero-order valence-electron chi connectivity index (χ0n) is 18.7. The van der Waals surface area contributed by atoms with Gasteiger partial charge in [0.1, 0.15) is 5.82 Å². The second-order valence-electron chi connectivity index (χ2n) is 8.93. The summed E-state index contributed by atoms with van der Waals surface area (Å²) in [5, 5.41) is 4.42. The van der Waals surface area contributed by atoms with Gasteiger partial charge in [0.05, 0.1) is 12.9 Å². The van der Waals surface area contributed by atoms with Crippen LogP contribution in [0.1, 0.15) is 12.8 Å². The van der Waals surface area contributed by atoms with Gasteiger partial charge in [-0.1, -0.05) is 12.1 Å². The minimum absolute atomic E-state index is 0.300. The standard InChI is InChI=1S/C24H26FN7O2/c25-18-4-1-2-5-19(18)34-15-16-7-8-17-14-31(10-9-30(17)13-16)21-12-22-27-23(20-6-3-11-33-20)29-32(22)24(26)28-21/h1-6,11-12,16-17H,7-10,13-15H2,(H2,26,28). The Morgan fingerprint density at radius 3 is 2.85 bits per heavy atom. The maximum absolute atomic E-state index is 13.8. The average molecular weight is 464 g/mol. The number of nitrogen functional groups attached to an aromatic ring is 1. The molecule has 0 saturated carbocycles. The van der Waals surface area contributed by atoms with Gasteiger partial charge in [0.2, 0.25) is 11.8 Å². The van der Waals surface area contributed by atoms with E-state index < -0.39 is 0 Å². The van der Waals surface area contributed by atoms with Crippen LogP contribution in [-0.4, -0.2) is 63.3 Å². The normalized spacial score (nSPS) is 21.0. The van der Waals surface area contributed by atoms with E-state index in [1.807, 2.05) is 12.1 Å². The summed E-state index contributed by atoms with van der Waals surface area (Å²) in [6.45, 7) is 4.14. The van der Waals surface area contributed by atoms with Crippen molar-refractivity contribution in [1.82, 2.24) is 24.5 Å². The van der Waals surface area contributed by atoms with Crippen LogP contribution < -0.4 is 15.4 Å². The highest BCUT2D eigenvalue weighted by atomic mass is 19.1. The number of aromatic nitrogens is 4. The van der Waals surface area contributed by atoms with Crippen molar-refractivity contribution in [2.45, 2.75) is 18.9 Å². The fourth-order valence-corrected chi connectivity index (χ4v) is 4.94. The minimum Gasteiger partial charge on any atom is -0.490 e. The second-order valence-corrected chi connectivity index (χ2v) is 8.93. The Labute approximate surface area is 195 Å². The van der Waals surface area contributed by atoms with Gasteiger partial charge in [-0.2, -0.15) is 9.50 Å². The van der Waals surface area contributed by atoms with Crippen LogP contribution in [0.3, 0.4) is 0 Å². The van der Waals surface area contributed by atoms with Crippen molar-refractivity contribution in [1.29, 1.82) is 0 Å². The fourth-order valence-electron chi connectivity index (χ4n) is 4.94. The number of hydrogen-bond acceptors (Lipinski definition) is 8. The van der Waals surface area contributed by atoms with Crippen LogP contribution in [0.2, 0.25) is 0 Å². The van der Waals surface area contributed by atoms with Gasteiger partial charge in [-0.3, -0.25) is 4.90 Å². The lowest BCUT2D eigenvalue weighted by molar-refractivity contribution is 0.0719. The maximum atomic E-state index is 13.8. The minimum atomic E-state index is -0.308. The molecular formula is C24H26FN7O2. The monoisotopic (exact) mass is 463 g/mol. The number of fused-ring (bicyclic) bond motifs is 2. The quantitative estimate of drug-likeness (QED) is 0.482. The fraction of sp³-hybridized carbons (Fsp3) is 0.375. The number of piperazine rings is 1. The summed E-state index contributed by atoms with van der Waals surface area (Å²) in [6.07, 6.45) is 3.70. The Balaban J connectivity index is 1.11. The second kappa shape index (κ2) is 8.60. The molecule has 2 fully saturated rings. The van der Waals surface area contributed by atoms with E-state index >= 15 is 0 Å². The lowest BCUT2D eigenvalue weighted by atomic mass is 9.91. The summed E-state index contributed by atoms with van der Waals surface area (Å²) in [5.74, 6) is 2.60. The summed E-state index contributed by atoms with van der Waals surface area (Å²) in [6, 6.07) is 12.6. The molecule has 3 aromatic heterocycles. The molecule has 34 heavy (non-hydrogen) atoms. The first-order valence-electron chi connectivity index (χ1n) is 11.6. The van der Waals surface area contributed by atoms with Crippen molar-refractivity contribution >= 4 is 17.4 Å². The molecule has 5 heterocycles. The molecule has 9 nitrogen and oxygen atoms in total. The van der Waals surface area contributed by atoms with Gasteiger partial charge < -0.3 is 19.8 Å². The molecule has 0 aliphatic carbocycles. The van der Waals surface area contributed by atoms with E-state index in [2.05, 4.69) is 24.9 Å². The number of nitrogens with zero attached hydrogens (tertiary/aromatic N) is 6. The first-order valence-corrected chi connectivity index (χ1v) is 11.6. The van der Waals surface area contributed by atoms with E-state index in [0.29, 0.717) is 47.5 Å². The van der Waals surface area contributed by atoms with E-state index in [9.17, 15) is 4.39 Å². The third-order valence-corrected chi connectivity index (χ3v) is 6.72. The van der Waals surface area contributed by atoms with E-state index in [4.69, 9.17) is 14.9 Å². The third kappa shape index (κ3) is 3.94. The Kier molecular flexibility index (Phi) is 5.29. The van der Waals surface area contributed by atoms with E-state index in [0.717, 1.165) is 44.8 Å². The highest BCUT2D eigenvalue weighted by Gasteiger charge is 2.34. The Morgan fingerprint density at radius 2 is 2.00 bits per heavy atom. The molecule has 2 unspecified atom stereocenters. The summed E-state index contributed by atoms with van der Waals surface area (Å²) in [5.41, 5.74) is 6.86. The SMILES string of the molecule is Nc1nc(N2CCN3CC(COc4ccccc4F)CCC3C2)cc2nc(-c3ccco3)nn12. The molecule has 2 saturated heterocycles. The lowest BCUT2D eigenvalue weighted by Crippen LogP contribution is -2.57. The number of para-hydroxylation sites is 1. The van der Waals surface area contributed by atoms with Crippen LogP contribution in [0.4, 0.5) is 16.2 Å². The van der Waals surface area contributed by atoms with Crippen molar-refractivity contribution in [3.8, 4) is 17.3 Å². The smallest absolute Gasteiger partial charge is 0.225 e. The van der Waals surface area contributed by atoms with E-state index in [1.54, 1.807) is 35.0 Å². The molecule has 176 valence electrons. The maximum Gasteiger partial charge on any atom is 0.225 e. The van der Waals surface area contributed by atoms with Gasteiger partial charge in [0.15, 0.2) is 23.0 Å². The molecule has 0 amide bonds. The molecular weight excluding hydrogens is 437 g/mol. The first kappa shape index (κ1) is 20.9. The molecule has 4 aromatic rings. The number of nitrogens with two attached hydrogens (primary N) is 1. The van der Waals surface area contributed by atoms with Crippen LogP contribution in [0.25, 0.3) is 17.2 Å². The molecule has 0 radical (unpaired) electrons. The molecule has 0 spiro atoms. The average Bonchev–Trinajstić information content (AvgIpc) is 3.53. The Bertz CT molecular complexity index is 1290. The van der Waals surface area contributed by atoms with Gasteiger partial charge in [0, 0.05) is 44.2 Å². The highest BCUT2D eigenvalue weighted by Crippen LogP contribution is 2.29. The molecule has 2 N–H and O–H groups in total. The van der Waals surface area contributed by atoms with Crippen molar-refractivity contribution in [3.05, 3.63) is 54.5 Å². The predicted molar refractivity (Wildman–Crippen MR) is 125 cm³/mol. The summed E-state index contributed by atoms with van der Waals surface area (Å²) >= 11 is 0. The molecule has 10 heteroatoms. The topological polar surface area (TPSA) is 98.0 Å². The predicted octanol–water partition coefficient (Wildman–Crippen LogP) is 3.09. The summed E-state index contributed by atoms with van der Waals surface area (Å²) in [4.78, 5) is 14.0. The first-order chi connectivity index (χ1) is 16.6. The van der Waals surface area contributed by atoms with Gasteiger partial charge in [-0.05, 0) is 37.1 Å². The number of ether oxygens (including phenoxy) is 1. The van der Waals surface area contributed by atoms with Gasteiger partial charge in [0.25, 0.3) is 0 Å². The van der Waals surface area contributed by atoms with Crippen LogP contribution in [0, 0.1) is 11.7 Å². The number of benzene rings is 1. The van der Waals surface area contributed by atoms with E-state index in [-0.39, 0.29) is 5.82 Å². The van der Waals surface area contributed by atoms with E-state index in [1.165, 1.54) is 6.07 Å². The molecule has 2 aliphatic rings. The van der Waals surface area contributed by atoms with Crippen molar-refractivity contribution in [2.24, 2.45) is 5.92 Å². The largest absolute Gasteiger partial charge is 0.490 e. The van der Waals surface area contributed by atoms with Crippen LogP contribution in [0.5, 0.6) is 5.75 Å². The van der Waals surface area contributed by atoms with Gasteiger partial charge >= 0.3 is 0 Å². The van der Waals surface area contributed by atoms with Crippen LogP contribution in [-0.2, 0) is 0 Å². The van der Waals surface area contributed by atoms with Crippen molar-refractivity contribution in [3.63, 3.8) is 0 Å². The number of halogens is 1. The zero-order chi connectivity index (χ0) is 23.1. The number of rotatable bonds is 5.